The minimum Gasteiger partial charge on any atom is -0.320 e. The molecule has 20 heavy (non-hydrogen) atoms. The van der Waals surface area contributed by atoms with Crippen LogP contribution in [-0.4, -0.2) is 14.1 Å². The van der Waals surface area contributed by atoms with Crippen molar-refractivity contribution in [2.45, 2.75) is 20.4 Å². The molecular formula is C15H16N4O. The van der Waals surface area contributed by atoms with E-state index in [4.69, 9.17) is 0 Å². The molecule has 0 radical (unpaired) electrons. The number of nitrogens with one attached hydrogen (secondary N) is 1. The van der Waals surface area contributed by atoms with Crippen LogP contribution in [0.3, 0.4) is 0 Å². The maximum atomic E-state index is 12.0. The van der Waals surface area contributed by atoms with E-state index in [-0.39, 0.29) is 5.56 Å². The molecule has 0 atom stereocenters. The van der Waals surface area contributed by atoms with Crippen LogP contribution in [0.5, 0.6) is 0 Å². The molecule has 0 saturated heterocycles. The van der Waals surface area contributed by atoms with Crippen LogP contribution in [0.2, 0.25) is 0 Å². The highest BCUT2D eigenvalue weighted by Crippen LogP contribution is 2.05. The maximum absolute atomic E-state index is 12.0. The highest BCUT2D eigenvalue weighted by molar-refractivity contribution is 5.38. The van der Waals surface area contributed by atoms with Crippen LogP contribution < -0.4 is 11.0 Å². The summed E-state index contributed by atoms with van der Waals surface area (Å²) in [6, 6.07) is 11.2. The van der Waals surface area contributed by atoms with Crippen LogP contribution in [0.4, 0.5) is 0 Å². The Labute approximate surface area is 116 Å². The first-order chi connectivity index (χ1) is 9.65. The molecule has 3 aromatic heterocycles. The lowest BCUT2D eigenvalue weighted by molar-refractivity contribution is 0.778. The van der Waals surface area contributed by atoms with E-state index < -0.39 is 0 Å². The van der Waals surface area contributed by atoms with Crippen molar-refractivity contribution >= 4 is 5.65 Å². The van der Waals surface area contributed by atoms with Crippen LogP contribution in [0.25, 0.3) is 5.65 Å². The van der Waals surface area contributed by atoms with Gasteiger partial charge in [-0.2, -0.15) is 0 Å². The number of hydrogen-bond acceptors (Lipinski definition) is 3. The standard InChI is InChI=1S/C15H16N4O/c1-11-6-7-12(2)19(11)16-10-13-9-15(20)18-8-4-3-5-14(18)17-13/h3-9,16H,10H2,1-2H3. The van der Waals surface area contributed by atoms with Gasteiger partial charge in [0.2, 0.25) is 0 Å². The Hall–Kier alpha value is -2.56. The molecule has 0 fully saturated rings. The van der Waals surface area contributed by atoms with E-state index in [1.54, 1.807) is 12.3 Å². The smallest absolute Gasteiger partial charge is 0.258 e. The van der Waals surface area contributed by atoms with Gasteiger partial charge in [-0.25, -0.2) is 4.98 Å². The van der Waals surface area contributed by atoms with E-state index in [9.17, 15) is 4.79 Å². The highest BCUT2D eigenvalue weighted by atomic mass is 16.1. The van der Waals surface area contributed by atoms with Gasteiger partial charge in [-0.15, -0.1) is 0 Å². The first kappa shape index (κ1) is 12.5. The fourth-order valence-electron chi connectivity index (χ4n) is 2.27. The minimum atomic E-state index is -0.0617. The molecule has 0 bridgehead atoms. The van der Waals surface area contributed by atoms with Crippen molar-refractivity contribution in [3.05, 3.63) is 70.0 Å². The summed E-state index contributed by atoms with van der Waals surface area (Å²) in [5, 5.41) is 0. The lowest BCUT2D eigenvalue weighted by Crippen LogP contribution is -2.21. The van der Waals surface area contributed by atoms with Gasteiger partial charge in [0.15, 0.2) is 0 Å². The molecule has 0 aromatic carbocycles. The average Bonchev–Trinajstić information content (AvgIpc) is 2.76. The van der Waals surface area contributed by atoms with Crippen LogP contribution in [0, 0.1) is 13.8 Å². The van der Waals surface area contributed by atoms with E-state index >= 15 is 0 Å². The Kier molecular flexibility index (Phi) is 3.02. The Morgan fingerprint density at radius 2 is 1.90 bits per heavy atom. The summed E-state index contributed by atoms with van der Waals surface area (Å²) < 4.78 is 3.53. The molecular weight excluding hydrogens is 252 g/mol. The number of rotatable bonds is 3. The van der Waals surface area contributed by atoms with Crippen molar-refractivity contribution in [3.63, 3.8) is 0 Å². The molecule has 0 aliphatic rings. The third kappa shape index (κ3) is 2.18. The molecule has 0 amide bonds. The zero-order valence-corrected chi connectivity index (χ0v) is 11.5. The van der Waals surface area contributed by atoms with Crippen LogP contribution in [-0.2, 0) is 6.54 Å². The zero-order valence-electron chi connectivity index (χ0n) is 11.5. The topological polar surface area (TPSA) is 51.3 Å². The molecule has 1 N–H and O–H groups in total. The Balaban J connectivity index is 1.90. The Morgan fingerprint density at radius 3 is 2.65 bits per heavy atom. The van der Waals surface area contributed by atoms with Crippen molar-refractivity contribution in [1.82, 2.24) is 14.1 Å². The van der Waals surface area contributed by atoms with Gasteiger partial charge >= 0.3 is 0 Å². The second-order valence-corrected chi connectivity index (χ2v) is 4.80. The summed E-state index contributed by atoms with van der Waals surface area (Å²) >= 11 is 0. The summed E-state index contributed by atoms with van der Waals surface area (Å²) in [5.41, 5.74) is 6.86. The summed E-state index contributed by atoms with van der Waals surface area (Å²) in [6.45, 7) is 4.57. The van der Waals surface area contributed by atoms with Gasteiger partial charge in [-0.1, -0.05) is 6.07 Å². The number of nitrogens with zero attached hydrogens (tertiary/aromatic N) is 3. The van der Waals surface area contributed by atoms with Crippen molar-refractivity contribution < 1.29 is 0 Å². The summed E-state index contributed by atoms with van der Waals surface area (Å²) in [4.78, 5) is 16.5. The number of aromatic nitrogens is 3. The predicted molar refractivity (Wildman–Crippen MR) is 78.4 cm³/mol. The second kappa shape index (κ2) is 4.85. The van der Waals surface area contributed by atoms with E-state index in [1.165, 1.54) is 4.40 Å². The number of hydrogen-bond donors (Lipinski definition) is 1. The minimum absolute atomic E-state index is 0.0617. The van der Waals surface area contributed by atoms with Gasteiger partial charge in [-0.05, 0) is 38.1 Å². The van der Waals surface area contributed by atoms with Crippen molar-refractivity contribution in [3.8, 4) is 0 Å². The van der Waals surface area contributed by atoms with Gasteiger partial charge in [-0.3, -0.25) is 13.9 Å². The second-order valence-electron chi connectivity index (χ2n) is 4.80. The quantitative estimate of drug-likeness (QED) is 0.788. The van der Waals surface area contributed by atoms with E-state index in [0.29, 0.717) is 12.2 Å². The lowest BCUT2D eigenvalue weighted by Gasteiger charge is -2.12. The molecule has 3 rings (SSSR count). The number of fused-ring (bicyclic) bond motifs is 1. The number of pyridine rings is 1. The fourth-order valence-corrected chi connectivity index (χ4v) is 2.27. The van der Waals surface area contributed by atoms with Gasteiger partial charge < -0.3 is 5.43 Å². The lowest BCUT2D eigenvalue weighted by atomic mass is 10.3. The van der Waals surface area contributed by atoms with Crippen molar-refractivity contribution in [2.75, 3.05) is 5.43 Å². The molecule has 0 aliphatic heterocycles. The van der Waals surface area contributed by atoms with E-state index in [1.807, 2.05) is 48.9 Å². The molecule has 102 valence electrons. The Bertz CT molecular complexity index is 797. The monoisotopic (exact) mass is 268 g/mol. The molecule has 0 spiro atoms. The SMILES string of the molecule is Cc1ccc(C)n1NCc1cc(=O)n2ccccc2n1. The molecule has 0 unspecified atom stereocenters. The first-order valence-corrected chi connectivity index (χ1v) is 6.51. The third-order valence-corrected chi connectivity index (χ3v) is 3.31. The maximum Gasteiger partial charge on any atom is 0.258 e. The van der Waals surface area contributed by atoms with Gasteiger partial charge in [0.25, 0.3) is 5.56 Å². The van der Waals surface area contributed by atoms with Gasteiger partial charge in [0.1, 0.15) is 5.65 Å². The molecule has 5 heteroatoms. The summed E-state index contributed by atoms with van der Waals surface area (Å²) in [6.07, 6.45) is 1.72. The molecule has 0 saturated carbocycles. The molecule has 5 nitrogen and oxygen atoms in total. The van der Waals surface area contributed by atoms with E-state index in [2.05, 4.69) is 10.4 Å². The first-order valence-electron chi connectivity index (χ1n) is 6.51. The Morgan fingerprint density at radius 1 is 1.15 bits per heavy atom. The third-order valence-electron chi connectivity index (χ3n) is 3.31. The van der Waals surface area contributed by atoms with E-state index in [0.717, 1.165) is 17.1 Å². The predicted octanol–water partition coefficient (Wildman–Crippen LogP) is 1.86. The summed E-state index contributed by atoms with van der Waals surface area (Å²) in [5.74, 6) is 0. The number of aryl methyl sites for hydroxylation is 2. The van der Waals surface area contributed by atoms with Crippen LogP contribution >= 0.6 is 0 Å². The molecule has 0 aliphatic carbocycles. The summed E-state index contributed by atoms with van der Waals surface area (Å²) in [7, 11) is 0. The van der Waals surface area contributed by atoms with Crippen molar-refractivity contribution in [1.29, 1.82) is 0 Å². The zero-order chi connectivity index (χ0) is 14.1. The van der Waals surface area contributed by atoms with Gasteiger partial charge in [0, 0.05) is 23.7 Å². The normalized spacial score (nSPS) is 10.9. The van der Waals surface area contributed by atoms with Crippen LogP contribution in [0.1, 0.15) is 17.1 Å². The largest absolute Gasteiger partial charge is 0.320 e. The highest BCUT2D eigenvalue weighted by Gasteiger charge is 2.03. The average molecular weight is 268 g/mol. The van der Waals surface area contributed by atoms with Gasteiger partial charge in [0.05, 0.1) is 12.2 Å². The van der Waals surface area contributed by atoms with Crippen molar-refractivity contribution in [2.24, 2.45) is 0 Å². The molecule has 3 aromatic rings. The molecule has 3 heterocycles. The fraction of sp³-hybridized carbons (Fsp3) is 0.200. The van der Waals surface area contributed by atoms with Crippen LogP contribution in [0.15, 0.2) is 47.4 Å².